The molecule has 24 heavy (non-hydrogen) atoms. The van der Waals surface area contributed by atoms with Crippen LogP contribution in [0.1, 0.15) is 18.4 Å². The lowest BCUT2D eigenvalue weighted by Crippen LogP contribution is -2.43. The van der Waals surface area contributed by atoms with Gasteiger partial charge in [0.15, 0.2) is 0 Å². The summed E-state index contributed by atoms with van der Waals surface area (Å²) in [5.41, 5.74) is 7.15. The van der Waals surface area contributed by atoms with Gasteiger partial charge in [-0.05, 0) is 31.1 Å². The van der Waals surface area contributed by atoms with Crippen molar-refractivity contribution in [1.29, 1.82) is 0 Å². The molecule has 0 bridgehead atoms. The van der Waals surface area contributed by atoms with E-state index in [-0.39, 0.29) is 17.7 Å². The first kappa shape index (κ1) is 16.0. The first-order valence-corrected chi connectivity index (χ1v) is 8.00. The van der Waals surface area contributed by atoms with Gasteiger partial charge in [-0.3, -0.25) is 9.59 Å². The third kappa shape index (κ3) is 3.71. The number of nitrogens with zero attached hydrogens (tertiary/aromatic N) is 3. The first-order chi connectivity index (χ1) is 11.6. The number of hydrogen-bond donors (Lipinski definition) is 1. The Kier molecular flexibility index (Phi) is 4.74. The molecule has 0 aliphatic carbocycles. The van der Waals surface area contributed by atoms with E-state index in [1.807, 2.05) is 36.5 Å². The highest BCUT2D eigenvalue weighted by molar-refractivity contribution is 5.92. The van der Waals surface area contributed by atoms with Crippen molar-refractivity contribution in [2.75, 3.05) is 13.1 Å². The van der Waals surface area contributed by atoms with Gasteiger partial charge in [0.1, 0.15) is 0 Å². The van der Waals surface area contributed by atoms with Crippen molar-refractivity contribution in [3.05, 3.63) is 54.4 Å². The topological polar surface area (TPSA) is 81.2 Å². The number of para-hydroxylation sites is 1. The van der Waals surface area contributed by atoms with E-state index in [0.717, 1.165) is 24.1 Å². The Balaban J connectivity index is 1.64. The van der Waals surface area contributed by atoms with E-state index in [1.54, 1.807) is 21.9 Å². The third-order valence-electron chi connectivity index (χ3n) is 4.18. The number of primary amides is 1. The van der Waals surface area contributed by atoms with Crippen LogP contribution in [0.25, 0.3) is 11.8 Å². The molecule has 1 aliphatic rings. The molecule has 2 aromatic rings. The maximum Gasteiger partial charge on any atom is 0.246 e. The van der Waals surface area contributed by atoms with E-state index in [2.05, 4.69) is 5.10 Å². The molecule has 1 saturated heterocycles. The number of hydrogen-bond acceptors (Lipinski definition) is 3. The fourth-order valence-corrected chi connectivity index (χ4v) is 2.83. The highest BCUT2D eigenvalue weighted by atomic mass is 16.2. The Bertz CT molecular complexity index is 751. The molecule has 3 rings (SSSR count). The highest BCUT2D eigenvalue weighted by Gasteiger charge is 2.25. The van der Waals surface area contributed by atoms with Gasteiger partial charge in [0.25, 0.3) is 0 Å². The minimum atomic E-state index is -0.333. The molecular formula is C18H20N4O2. The number of benzene rings is 1. The predicted molar refractivity (Wildman–Crippen MR) is 91.1 cm³/mol. The maximum absolute atomic E-state index is 12.3. The molecule has 2 heterocycles. The van der Waals surface area contributed by atoms with Crippen molar-refractivity contribution < 1.29 is 9.59 Å². The number of piperidine rings is 1. The molecule has 6 heteroatoms. The van der Waals surface area contributed by atoms with E-state index < -0.39 is 0 Å². The molecule has 6 nitrogen and oxygen atoms in total. The first-order valence-electron chi connectivity index (χ1n) is 8.00. The van der Waals surface area contributed by atoms with Gasteiger partial charge in [0.05, 0.1) is 17.8 Å². The average Bonchev–Trinajstić information content (AvgIpc) is 3.09. The number of aromatic nitrogens is 2. The summed E-state index contributed by atoms with van der Waals surface area (Å²) in [4.78, 5) is 25.2. The molecule has 1 fully saturated rings. The van der Waals surface area contributed by atoms with Gasteiger partial charge in [-0.2, -0.15) is 5.10 Å². The van der Waals surface area contributed by atoms with Crippen LogP contribution in [0.2, 0.25) is 0 Å². The second kappa shape index (κ2) is 7.12. The fourth-order valence-electron chi connectivity index (χ4n) is 2.83. The molecule has 2 amide bonds. The Labute approximate surface area is 140 Å². The quantitative estimate of drug-likeness (QED) is 0.868. The van der Waals surface area contributed by atoms with Crippen LogP contribution in [-0.2, 0) is 9.59 Å². The van der Waals surface area contributed by atoms with E-state index in [9.17, 15) is 9.59 Å². The molecule has 1 aromatic carbocycles. The van der Waals surface area contributed by atoms with Crippen LogP contribution >= 0.6 is 0 Å². The molecule has 0 spiro atoms. The molecule has 0 radical (unpaired) electrons. The van der Waals surface area contributed by atoms with Gasteiger partial charge in [-0.15, -0.1) is 0 Å². The van der Waals surface area contributed by atoms with Crippen LogP contribution in [0.15, 0.2) is 48.8 Å². The van der Waals surface area contributed by atoms with Crippen LogP contribution in [0.4, 0.5) is 0 Å². The lowest BCUT2D eigenvalue weighted by molar-refractivity contribution is -0.130. The van der Waals surface area contributed by atoms with E-state index >= 15 is 0 Å². The van der Waals surface area contributed by atoms with Crippen molar-refractivity contribution in [2.45, 2.75) is 12.8 Å². The number of likely N-dealkylation sites (tertiary alicyclic amines) is 1. The van der Waals surface area contributed by atoms with Crippen LogP contribution in [0, 0.1) is 5.92 Å². The Hall–Kier alpha value is -2.89. The van der Waals surface area contributed by atoms with Gasteiger partial charge in [-0.1, -0.05) is 18.2 Å². The van der Waals surface area contributed by atoms with Crippen LogP contribution in [0.3, 0.4) is 0 Å². The summed E-state index contributed by atoms with van der Waals surface area (Å²) in [7, 11) is 0. The zero-order valence-corrected chi connectivity index (χ0v) is 13.3. The Morgan fingerprint density at radius 3 is 2.79 bits per heavy atom. The van der Waals surface area contributed by atoms with E-state index in [4.69, 9.17) is 5.73 Å². The van der Waals surface area contributed by atoms with Gasteiger partial charge >= 0.3 is 0 Å². The average molecular weight is 324 g/mol. The van der Waals surface area contributed by atoms with Gasteiger partial charge in [0, 0.05) is 30.9 Å². The number of amides is 2. The monoisotopic (exact) mass is 324 g/mol. The zero-order chi connectivity index (χ0) is 16.9. The molecular weight excluding hydrogens is 304 g/mol. The Morgan fingerprint density at radius 2 is 2.04 bits per heavy atom. The van der Waals surface area contributed by atoms with Gasteiger partial charge in [-0.25, -0.2) is 4.68 Å². The van der Waals surface area contributed by atoms with Crippen LogP contribution in [-0.4, -0.2) is 39.6 Å². The van der Waals surface area contributed by atoms with Gasteiger partial charge < -0.3 is 10.6 Å². The number of carbonyl (C=O) groups excluding carboxylic acids is 2. The molecule has 1 aromatic heterocycles. The molecule has 1 atom stereocenters. The van der Waals surface area contributed by atoms with Crippen molar-refractivity contribution in [2.24, 2.45) is 11.7 Å². The Morgan fingerprint density at radius 1 is 1.25 bits per heavy atom. The van der Waals surface area contributed by atoms with Crippen molar-refractivity contribution in [3.8, 4) is 5.69 Å². The largest absolute Gasteiger partial charge is 0.369 e. The molecule has 2 N–H and O–H groups in total. The molecule has 0 saturated carbocycles. The maximum atomic E-state index is 12.3. The third-order valence-corrected chi connectivity index (χ3v) is 4.18. The number of rotatable bonds is 4. The van der Waals surface area contributed by atoms with Crippen LogP contribution < -0.4 is 5.73 Å². The van der Waals surface area contributed by atoms with Crippen molar-refractivity contribution >= 4 is 17.9 Å². The minimum absolute atomic E-state index is 0.103. The minimum Gasteiger partial charge on any atom is -0.369 e. The molecule has 0 unspecified atom stereocenters. The molecule has 124 valence electrons. The normalized spacial score (nSPS) is 18.0. The second-order valence-corrected chi connectivity index (χ2v) is 5.91. The predicted octanol–water partition coefficient (Wildman–Crippen LogP) is 1.61. The molecule has 1 aliphatic heterocycles. The van der Waals surface area contributed by atoms with Crippen molar-refractivity contribution in [3.63, 3.8) is 0 Å². The second-order valence-electron chi connectivity index (χ2n) is 5.91. The highest BCUT2D eigenvalue weighted by Crippen LogP contribution is 2.16. The lowest BCUT2D eigenvalue weighted by atomic mass is 9.97. The SMILES string of the molecule is NC(=O)[C@H]1CCCN(C(=O)/C=C/c2cnn(-c3ccccc3)c2)C1. The standard InChI is InChI=1S/C18H20N4O2/c19-18(24)15-5-4-10-21(13-15)17(23)9-8-14-11-20-22(12-14)16-6-2-1-3-7-16/h1-3,6-9,11-12,15H,4-5,10,13H2,(H2,19,24)/b9-8+/t15-/m0/s1. The van der Waals surface area contributed by atoms with E-state index in [1.165, 1.54) is 6.08 Å². The summed E-state index contributed by atoms with van der Waals surface area (Å²) < 4.78 is 1.76. The summed E-state index contributed by atoms with van der Waals surface area (Å²) in [6, 6.07) is 9.76. The zero-order valence-electron chi connectivity index (χ0n) is 13.3. The fraction of sp³-hybridized carbons (Fsp3) is 0.278. The van der Waals surface area contributed by atoms with Gasteiger partial charge in [0.2, 0.25) is 11.8 Å². The van der Waals surface area contributed by atoms with Crippen LogP contribution in [0.5, 0.6) is 0 Å². The smallest absolute Gasteiger partial charge is 0.246 e. The number of carbonyl (C=O) groups is 2. The number of nitrogens with two attached hydrogens (primary N) is 1. The van der Waals surface area contributed by atoms with Crippen molar-refractivity contribution in [1.82, 2.24) is 14.7 Å². The summed E-state index contributed by atoms with van der Waals surface area (Å²) in [6.07, 6.45) is 8.39. The van der Waals surface area contributed by atoms with E-state index in [0.29, 0.717) is 13.1 Å². The lowest BCUT2D eigenvalue weighted by Gasteiger charge is -2.30. The summed E-state index contributed by atoms with van der Waals surface area (Å²) in [6.45, 7) is 1.07. The summed E-state index contributed by atoms with van der Waals surface area (Å²) >= 11 is 0. The summed E-state index contributed by atoms with van der Waals surface area (Å²) in [5, 5.41) is 4.29. The summed E-state index contributed by atoms with van der Waals surface area (Å²) in [5.74, 6) is -0.675.